The van der Waals surface area contributed by atoms with Gasteiger partial charge in [0.25, 0.3) is 5.56 Å². The molecule has 0 aliphatic carbocycles. The Labute approximate surface area is 256 Å². The van der Waals surface area contributed by atoms with Crippen molar-refractivity contribution in [2.75, 3.05) is 37.9 Å². The van der Waals surface area contributed by atoms with Gasteiger partial charge in [-0.2, -0.15) is 4.98 Å². The highest BCUT2D eigenvalue weighted by Crippen LogP contribution is 2.45. The molecule has 3 unspecified atom stereocenters. The Morgan fingerprint density at radius 2 is 2.07 bits per heavy atom. The minimum absolute atomic E-state index is 0.0415. The van der Waals surface area contributed by atoms with Crippen LogP contribution < -0.4 is 16.4 Å². The number of nitrogens with two attached hydrogens (primary N) is 1. The Balaban J connectivity index is 1.48. The Hall–Kier alpha value is -3.31. The quantitative estimate of drug-likeness (QED) is 0.0989. The molecule has 18 heteroatoms. The summed E-state index contributed by atoms with van der Waals surface area (Å²) in [6, 6.07) is 9.14. The number of anilines is 1. The highest BCUT2D eigenvalue weighted by Gasteiger charge is 2.38. The number of aliphatic hydroxyl groups excluding tert-OH is 1. The predicted molar refractivity (Wildman–Crippen MR) is 159 cm³/mol. The molecule has 1 saturated heterocycles. The summed E-state index contributed by atoms with van der Waals surface area (Å²) in [7, 11) is -4.04. The molecule has 3 aromatic rings. The first-order valence-electron chi connectivity index (χ1n) is 13.6. The van der Waals surface area contributed by atoms with Crippen LogP contribution in [0.25, 0.3) is 11.2 Å². The van der Waals surface area contributed by atoms with E-state index in [1.807, 2.05) is 30.3 Å². The van der Waals surface area contributed by atoms with Crippen molar-refractivity contribution < 1.29 is 42.5 Å². The summed E-state index contributed by atoms with van der Waals surface area (Å²) in [5, 5.41) is 12.0. The van der Waals surface area contributed by atoms with Crippen molar-refractivity contribution in [3.8, 4) is 0 Å². The number of aliphatic hydroxyl groups is 1. The van der Waals surface area contributed by atoms with Crippen LogP contribution in [0.4, 0.5) is 10.7 Å². The van der Waals surface area contributed by atoms with Crippen molar-refractivity contribution in [2.45, 2.75) is 45.8 Å². The number of H-pyrrole nitrogens is 1. The van der Waals surface area contributed by atoms with Crippen LogP contribution in [0.3, 0.4) is 0 Å². The fourth-order valence-electron chi connectivity index (χ4n) is 3.92. The van der Waals surface area contributed by atoms with Gasteiger partial charge in [-0.25, -0.2) is 19.4 Å². The van der Waals surface area contributed by atoms with Gasteiger partial charge in [-0.1, -0.05) is 42.1 Å². The molecule has 0 amide bonds. The number of ether oxygens (including phenoxy) is 3. The maximum absolute atomic E-state index is 13.9. The second kappa shape index (κ2) is 14.6. The first-order chi connectivity index (χ1) is 20.9. The van der Waals surface area contributed by atoms with Gasteiger partial charge >= 0.3 is 13.9 Å². The number of cyclic esters (lactones) is 2. The number of nitrogens with zero attached hydrogens (tertiary/aromatic N) is 3. The van der Waals surface area contributed by atoms with Crippen molar-refractivity contribution in [1.82, 2.24) is 24.6 Å². The van der Waals surface area contributed by atoms with Gasteiger partial charge in [0.2, 0.25) is 5.95 Å². The Morgan fingerprint density at radius 3 is 2.75 bits per heavy atom. The molecule has 0 spiro atoms. The number of carbonyl (C=O) groups excluding carboxylic acids is 2. The molecule has 3 heterocycles. The Bertz CT molecular complexity index is 1550. The minimum atomic E-state index is -4.04. The normalized spacial score (nSPS) is 18.0. The first-order valence-corrected chi connectivity index (χ1v) is 16.1. The number of hydrogen-bond acceptors (Lipinski definition) is 14. The molecule has 44 heavy (non-hydrogen) atoms. The van der Waals surface area contributed by atoms with Gasteiger partial charge in [-0.05, 0) is 26.3 Å². The molecule has 0 radical (unpaired) electrons. The van der Waals surface area contributed by atoms with E-state index >= 15 is 0 Å². The first kappa shape index (κ1) is 33.6. The van der Waals surface area contributed by atoms with Gasteiger partial charge in [0.15, 0.2) is 22.4 Å². The molecule has 1 aliphatic heterocycles. The number of carbonyl (C=O) groups is 2. The predicted octanol–water partition coefficient (Wildman–Crippen LogP) is 2.35. The lowest BCUT2D eigenvalue weighted by molar-refractivity contribution is -0.119. The van der Waals surface area contributed by atoms with E-state index in [-0.39, 0.29) is 61.0 Å². The molecule has 240 valence electrons. The van der Waals surface area contributed by atoms with E-state index in [0.717, 1.165) is 17.3 Å². The molecule has 16 nitrogen and oxygen atoms in total. The fourth-order valence-corrected chi connectivity index (χ4v) is 6.16. The summed E-state index contributed by atoms with van der Waals surface area (Å²) in [5.74, 6) is 0.0354. The average Bonchev–Trinajstić information content (AvgIpc) is 3.63. The lowest BCUT2D eigenvalue weighted by Crippen LogP contribution is -2.37. The van der Waals surface area contributed by atoms with Crippen molar-refractivity contribution in [3.05, 3.63) is 52.6 Å². The zero-order valence-electron chi connectivity index (χ0n) is 24.3. The fraction of sp³-hybridized carbons (Fsp3) is 0.500. The van der Waals surface area contributed by atoms with Gasteiger partial charge < -0.3 is 25.1 Å². The number of benzene rings is 1. The monoisotopic (exact) mass is 654 g/mol. The third-order valence-corrected chi connectivity index (χ3v) is 9.24. The lowest BCUT2D eigenvalue weighted by Gasteiger charge is -2.27. The second-order valence-corrected chi connectivity index (χ2v) is 13.3. The molecular weight excluding hydrogens is 619 g/mol. The number of rotatable bonds is 16. The summed E-state index contributed by atoms with van der Waals surface area (Å²) >= 11 is 0.943. The highest BCUT2D eigenvalue weighted by atomic mass is 32.2. The van der Waals surface area contributed by atoms with Crippen LogP contribution in [0.2, 0.25) is 0 Å². The summed E-state index contributed by atoms with van der Waals surface area (Å²) < 4.78 is 43.1. The molecule has 0 saturated carbocycles. The summed E-state index contributed by atoms with van der Waals surface area (Å²) in [6.45, 7) is 4.04. The standard InChI is InChI=1S/C26H35N6O10PS/c1-16(32-15-28-20-21(32)30-24(27)31-22(20)34)41-19(18-12-38-25(36)42-18)13-40-43(37,29-11-17-7-5-4-6-8-17)39-9-10-44-23(35)26(2,3)14-33/h4-8,15-16,18-19,33H,9-14H2,1-3H3,(H,29,37)(H3,27,30,31,34)/t16?,18?,19-,43?/m1/s1. The zero-order valence-corrected chi connectivity index (χ0v) is 26.0. The van der Waals surface area contributed by atoms with Crippen molar-refractivity contribution >= 4 is 47.9 Å². The van der Waals surface area contributed by atoms with E-state index in [1.165, 1.54) is 10.9 Å². The number of thioether (sulfide) groups is 1. The number of fused-ring (bicyclic) bond motifs is 1. The van der Waals surface area contributed by atoms with E-state index < -0.39 is 43.3 Å². The minimum Gasteiger partial charge on any atom is -0.430 e. The number of aromatic amines is 1. The maximum atomic E-state index is 13.9. The number of hydrogen-bond donors (Lipinski definition) is 4. The third-order valence-electron chi connectivity index (χ3n) is 6.50. The Kier molecular flexibility index (Phi) is 11.2. The van der Waals surface area contributed by atoms with E-state index in [9.17, 15) is 24.1 Å². The molecule has 4 rings (SSSR count). The smallest absolute Gasteiger partial charge is 0.430 e. The SMILES string of the molecule is CC(O[C@H](COP(=O)(NCc1ccccc1)OCCSC(=O)C(C)(C)CO)C1COC(=O)O1)n1cnc2c(=O)[nH]c(N)nc21. The van der Waals surface area contributed by atoms with Gasteiger partial charge in [0.1, 0.15) is 18.9 Å². The van der Waals surface area contributed by atoms with Crippen molar-refractivity contribution in [1.29, 1.82) is 0 Å². The summed E-state index contributed by atoms with van der Waals surface area (Å²) in [6.07, 6.45) is -2.35. The topological polar surface area (TPSA) is 219 Å². The van der Waals surface area contributed by atoms with E-state index in [0.29, 0.717) is 0 Å². The molecule has 0 bridgehead atoms. The van der Waals surface area contributed by atoms with E-state index in [1.54, 1.807) is 20.8 Å². The number of nitrogen functional groups attached to an aromatic ring is 1. The molecule has 1 aliphatic rings. The molecule has 1 fully saturated rings. The van der Waals surface area contributed by atoms with Crippen LogP contribution in [-0.2, 0) is 39.2 Å². The largest absolute Gasteiger partial charge is 0.508 e. The number of nitrogens with one attached hydrogen (secondary N) is 2. The van der Waals surface area contributed by atoms with Crippen LogP contribution >= 0.6 is 19.5 Å². The van der Waals surface area contributed by atoms with E-state index in [4.69, 9.17) is 29.0 Å². The van der Waals surface area contributed by atoms with Crippen LogP contribution in [-0.4, -0.2) is 80.3 Å². The maximum Gasteiger partial charge on any atom is 0.508 e. The molecule has 1 aromatic carbocycles. The molecule has 4 atom stereocenters. The lowest BCUT2D eigenvalue weighted by atomic mass is 9.97. The summed E-state index contributed by atoms with van der Waals surface area (Å²) in [5.41, 5.74) is 5.25. The average molecular weight is 655 g/mol. The van der Waals surface area contributed by atoms with Crippen LogP contribution in [0, 0.1) is 5.41 Å². The van der Waals surface area contributed by atoms with Crippen molar-refractivity contribution in [2.24, 2.45) is 5.41 Å². The van der Waals surface area contributed by atoms with Gasteiger partial charge in [0, 0.05) is 12.3 Å². The molecule has 2 aromatic heterocycles. The molecule has 5 N–H and O–H groups in total. The Morgan fingerprint density at radius 1 is 1.32 bits per heavy atom. The van der Waals surface area contributed by atoms with Crippen LogP contribution in [0.15, 0.2) is 41.5 Å². The molecular formula is C26H35N6O10PS. The van der Waals surface area contributed by atoms with Gasteiger partial charge in [-0.15, -0.1) is 0 Å². The van der Waals surface area contributed by atoms with Crippen molar-refractivity contribution in [3.63, 3.8) is 0 Å². The van der Waals surface area contributed by atoms with Crippen LogP contribution in [0.5, 0.6) is 0 Å². The van der Waals surface area contributed by atoms with Gasteiger partial charge in [-0.3, -0.25) is 28.2 Å². The zero-order chi connectivity index (χ0) is 31.9. The third kappa shape index (κ3) is 8.65. The second-order valence-electron chi connectivity index (χ2n) is 10.4. The van der Waals surface area contributed by atoms with Crippen LogP contribution in [0.1, 0.15) is 32.6 Å². The van der Waals surface area contributed by atoms with E-state index in [2.05, 4.69) is 20.0 Å². The van der Waals surface area contributed by atoms with Gasteiger partial charge in [0.05, 0.1) is 31.6 Å². The number of imidazole rings is 1. The summed E-state index contributed by atoms with van der Waals surface area (Å²) in [4.78, 5) is 46.9. The highest BCUT2D eigenvalue weighted by molar-refractivity contribution is 8.13. The number of aromatic nitrogens is 4.